The number of nitrogens with one attached hydrogen (secondary N) is 5. The van der Waals surface area contributed by atoms with Crippen LogP contribution in [0.3, 0.4) is 0 Å². The first-order valence-electron chi connectivity index (χ1n) is 10.4. The average molecular weight is 414 g/mol. The smallest absolute Gasteiger partial charge is 0.269 e. The topological polar surface area (TPSA) is 178 Å². The van der Waals surface area contributed by atoms with E-state index in [9.17, 15) is 14.7 Å². The molecule has 0 aliphatic rings. The molecule has 0 spiro atoms. The molecule has 10 nitrogen and oxygen atoms in total. The minimum atomic E-state index is -1.55. The normalized spacial score (nSPS) is 11.9. The van der Waals surface area contributed by atoms with Gasteiger partial charge in [-0.15, -0.1) is 0 Å². The Bertz CT molecular complexity index is 486. The number of nitrogens with two attached hydrogens (primary N) is 2. The summed E-state index contributed by atoms with van der Waals surface area (Å²) in [4.78, 5) is 23.4. The molecular formula is C19H39N7O3. The van der Waals surface area contributed by atoms with Crippen molar-refractivity contribution in [1.82, 2.24) is 21.3 Å². The highest BCUT2D eigenvalue weighted by molar-refractivity contribution is 5.92. The van der Waals surface area contributed by atoms with Gasteiger partial charge in [0.2, 0.25) is 12.1 Å². The largest absolute Gasteiger partial charge is 0.370 e. The molecule has 0 saturated carbocycles. The standard InChI is InChI=1S/C19H39N7O3/c20-11-9-13-23-12-7-8-14-24-17(28)18(29)26-16(27)10-5-3-1-2-4-6-15-25-19(21)22/h5,10,18,23,29H,1-4,6-9,11-15,20H2,(H,24,28)(H,26,27)(H4,21,22,25). The van der Waals surface area contributed by atoms with Gasteiger partial charge < -0.3 is 37.8 Å². The summed E-state index contributed by atoms with van der Waals surface area (Å²) in [5, 5.41) is 27.6. The van der Waals surface area contributed by atoms with E-state index in [2.05, 4.69) is 21.3 Å². The Morgan fingerprint density at radius 3 is 2.28 bits per heavy atom. The molecule has 0 aromatic heterocycles. The highest BCUT2D eigenvalue weighted by Crippen LogP contribution is 2.03. The molecule has 0 aliphatic carbocycles. The second-order valence-corrected chi connectivity index (χ2v) is 6.75. The fourth-order valence-corrected chi connectivity index (χ4v) is 2.44. The molecule has 29 heavy (non-hydrogen) atoms. The Morgan fingerprint density at radius 2 is 1.55 bits per heavy atom. The van der Waals surface area contributed by atoms with Gasteiger partial charge in [0.25, 0.3) is 5.91 Å². The van der Waals surface area contributed by atoms with Crippen molar-refractivity contribution in [1.29, 1.82) is 5.41 Å². The SMILES string of the molecule is N=C(N)NCCCCCCC=CC(=O)NC(O)C(=O)NCCCCNCCCN. The Morgan fingerprint density at radius 1 is 0.931 bits per heavy atom. The summed E-state index contributed by atoms with van der Waals surface area (Å²) in [5.74, 6) is -1.12. The molecule has 0 fully saturated rings. The van der Waals surface area contributed by atoms with Gasteiger partial charge in [-0.25, -0.2) is 0 Å². The summed E-state index contributed by atoms with van der Waals surface area (Å²) in [5.41, 5.74) is 10.6. The molecule has 0 heterocycles. The van der Waals surface area contributed by atoms with E-state index < -0.39 is 18.0 Å². The van der Waals surface area contributed by atoms with Crippen molar-refractivity contribution in [2.75, 3.05) is 32.7 Å². The van der Waals surface area contributed by atoms with E-state index in [0.29, 0.717) is 19.6 Å². The number of aliphatic hydroxyl groups is 1. The van der Waals surface area contributed by atoms with E-state index in [1.54, 1.807) is 6.08 Å². The molecule has 2 amide bonds. The molecule has 0 rings (SSSR count). The zero-order valence-corrected chi connectivity index (χ0v) is 17.3. The van der Waals surface area contributed by atoms with E-state index in [1.807, 2.05) is 0 Å². The molecule has 1 unspecified atom stereocenters. The summed E-state index contributed by atoms with van der Waals surface area (Å²) in [7, 11) is 0. The first kappa shape index (κ1) is 26.8. The third kappa shape index (κ3) is 18.9. The first-order chi connectivity index (χ1) is 14.0. The Kier molecular flexibility index (Phi) is 17.7. The van der Waals surface area contributed by atoms with Crippen molar-refractivity contribution in [2.45, 2.75) is 57.6 Å². The fraction of sp³-hybridized carbons (Fsp3) is 0.737. The second-order valence-electron chi connectivity index (χ2n) is 6.75. The zero-order valence-electron chi connectivity index (χ0n) is 17.3. The average Bonchev–Trinajstić information content (AvgIpc) is 2.68. The minimum Gasteiger partial charge on any atom is -0.370 e. The lowest BCUT2D eigenvalue weighted by molar-refractivity contribution is -0.135. The van der Waals surface area contributed by atoms with E-state index >= 15 is 0 Å². The lowest BCUT2D eigenvalue weighted by atomic mass is 10.1. The molecule has 0 aliphatic heterocycles. The van der Waals surface area contributed by atoms with Crippen LogP contribution in [0.5, 0.6) is 0 Å². The number of carbonyl (C=O) groups excluding carboxylic acids is 2. The number of carbonyl (C=O) groups is 2. The molecule has 1 atom stereocenters. The predicted molar refractivity (Wildman–Crippen MR) is 115 cm³/mol. The molecule has 0 radical (unpaired) electrons. The van der Waals surface area contributed by atoms with Crippen molar-refractivity contribution >= 4 is 17.8 Å². The third-order valence-corrected chi connectivity index (χ3v) is 4.05. The van der Waals surface area contributed by atoms with Crippen LogP contribution in [0, 0.1) is 5.41 Å². The number of unbranched alkanes of at least 4 members (excludes halogenated alkanes) is 5. The zero-order chi connectivity index (χ0) is 21.7. The van der Waals surface area contributed by atoms with Crippen LogP contribution in [0.2, 0.25) is 0 Å². The van der Waals surface area contributed by atoms with Crippen LogP contribution in [-0.4, -0.2) is 61.8 Å². The molecular weight excluding hydrogens is 374 g/mol. The van der Waals surface area contributed by atoms with Crippen LogP contribution in [0.1, 0.15) is 51.4 Å². The van der Waals surface area contributed by atoms with Gasteiger partial charge in [0.15, 0.2) is 5.96 Å². The number of amides is 2. The number of aliphatic hydroxyl groups excluding tert-OH is 1. The van der Waals surface area contributed by atoms with Crippen LogP contribution < -0.4 is 32.7 Å². The quantitative estimate of drug-likeness (QED) is 0.0478. The van der Waals surface area contributed by atoms with Gasteiger partial charge >= 0.3 is 0 Å². The minimum absolute atomic E-state index is 0.0128. The Balaban J connectivity index is 3.64. The van der Waals surface area contributed by atoms with Crippen molar-refractivity contribution in [3.05, 3.63) is 12.2 Å². The molecule has 0 bridgehead atoms. The first-order valence-corrected chi connectivity index (χ1v) is 10.4. The van der Waals surface area contributed by atoms with Crippen LogP contribution >= 0.6 is 0 Å². The molecule has 0 aromatic carbocycles. The molecule has 0 saturated heterocycles. The molecule has 10 heteroatoms. The van der Waals surface area contributed by atoms with E-state index in [0.717, 1.165) is 64.5 Å². The lowest BCUT2D eigenvalue weighted by Crippen LogP contribution is -2.46. The number of hydrogen-bond acceptors (Lipinski definition) is 6. The second kappa shape index (κ2) is 19.2. The maximum absolute atomic E-state index is 11.7. The van der Waals surface area contributed by atoms with Crippen molar-refractivity contribution in [3.8, 4) is 0 Å². The monoisotopic (exact) mass is 413 g/mol. The highest BCUT2D eigenvalue weighted by atomic mass is 16.3. The van der Waals surface area contributed by atoms with Gasteiger partial charge in [-0.1, -0.05) is 18.9 Å². The van der Waals surface area contributed by atoms with Gasteiger partial charge in [-0.3, -0.25) is 15.0 Å². The van der Waals surface area contributed by atoms with E-state index in [4.69, 9.17) is 16.9 Å². The summed E-state index contributed by atoms with van der Waals surface area (Å²) >= 11 is 0. The number of rotatable bonds is 18. The summed E-state index contributed by atoms with van der Waals surface area (Å²) < 4.78 is 0. The van der Waals surface area contributed by atoms with Gasteiger partial charge in [-0.05, 0) is 64.2 Å². The Hall–Kier alpha value is -2.17. The summed E-state index contributed by atoms with van der Waals surface area (Å²) in [6.45, 7) is 3.55. The number of guanidine groups is 1. The van der Waals surface area contributed by atoms with Crippen LogP contribution in [0.15, 0.2) is 12.2 Å². The van der Waals surface area contributed by atoms with Gasteiger partial charge in [0, 0.05) is 13.1 Å². The molecule has 0 aromatic rings. The van der Waals surface area contributed by atoms with Crippen molar-refractivity contribution in [2.24, 2.45) is 11.5 Å². The maximum atomic E-state index is 11.7. The number of allylic oxidation sites excluding steroid dienone is 1. The van der Waals surface area contributed by atoms with Gasteiger partial charge in [-0.2, -0.15) is 0 Å². The van der Waals surface area contributed by atoms with Gasteiger partial charge in [0.1, 0.15) is 0 Å². The fourth-order valence-electron chi connectivity index (χ4n) is 2.44. The van der Waals surface area contributed by atoms with Gasteiger partial charge in [0.05, 0.1) is 0 Å². The van der Waals surface area contributed by atoms with Crippen LogP contribution in [0.4, 0.5) is 0 Å². The third-order valence-electron chi connectivity index (χ3n) is 4.05. The van der Waals surface area contributed by atoms with Crippen molar-refractivity contribution < 1.29 is 14.7 Å². The summed E-state index contributed by atoms with van der Waals surface area (Å²) in [6.07, 6.45) is 8.80. The van der Waals surface area contributed by atoms with Crippen LogP contribution in [0.25, 0.3) is 0 Å². The predicted octanol–water partition coefficient (Wildman–Crippen LogP) is -0.754. The molecule has 10 N–H and O–H groups in total. The summed E-state index contributed by atoms with van der Waals surface area (Å²) in [6, 6.07) is 0. The highest BCUT2D eigenvalue weighted by Gasteiger charge is 2.15. The van der Waals surface area contributed by atoms with E-state index in [1.165, 1.54) is 6.08 Å². The number of hydrogen-bond donors (Lipinski definition) is 8. The van der Waals surface area contributed by atoms with Crippen molar-refractivity contribution in [3.63, 3.8) is 0 Å². The maximum Gasteiger partial charge on any atom is 0.269 e. The lowest BCUT2D eigenvalue weighted by Gasteiger charge is -2.12. The van der Waals surface area contributed by atoms with E-state index in [-0.39, 0.29) is 5.96 Å². The van der Waals surface area contributed by atoms with Crippen LogP contribution in [-0.2, 0) is 9.59 Å². The Labute approximate surface area is 173 Å². The molecule has 168 valence electrons.